The van der Waals surface area contributed by atoms with Crippen LogP contribution >= 0.6 is 11.6 Å². The van der Waals surface area contributed by atoms with Crippen molar-refractivity contribution in [2.45, 2.75) is 51.6 Å². The molecule has 1 atom stereocenters. The number of likely N-dealkylation sites (N-methyl/N-ethyl adjacent to an activating group) is 1. The largest absolute Gasteiger partial charge is 0.497 e. The van der Waals surface area contributed by atoms with Crippen molar-refractivity contribution in [3.05, 3.63) is 88.4 Å². The minimum absolute atomic E-state index is 0.000370. The van der Waals surface area contributed by atoms with Gasteiger partial charge in [0.05, 0.1) is 17.7 Å². The number of nitrogens with one attached hydrogen (secondary N) is 1. The maximum atomic E-state index is 14.0. The van der Waals surface area contributed by atoms with Crippen molar-refractivity contribution in [3.8, 4) is 5.75 Å². The number of anilines is 1. The Morgan fingerprint density at radius 1 is 0.950 bits per heavy atom. The molecule has 40 heavy (non-hydrogen) atoms. The van der Waals surface area contributed by atoms with E-state index in [9.17, 15) is 18.0 Å². The van der Waals surface area contributed by atoms with Gasteiger partial charge in [-0.05, 0) is 92.4 Å². The molecule has 8 nitrogen and oxygen atoms in total. The zero-order chi connectivity index (χ0) is 29.4. The van der Waals surface area contributed by atoms with E-state index in [1.807, 2.05) is 39.0 Å². The molecule has 10 heteroatoms. The second kappa shape index (κ2) is 13.7. The third-order valence-electron chi connectivity index (χ3n) is 6.71. The quantitative estimate of drug-likeness (QED) is 0.319. The van der Waals surface area contributed by atoms with Gasteiger partial charge in [0.15, 0.2) is 0 Å². The zero-order valence-corrected chi connectivity index (χ0v) is 25.1. The fraction of sp³-hybridized carbons (Fsp3) is 0.333. The van der Waals surface area contributed by atoms with Crippen molar-refractivity contribution < 1.29 is 22.7 Å². The van der Waals surface area contributed by atoms with Crippen molar-refractivity contribution in [3.63, 3.8) is 0 Å². The van der Waals surface area contributed by atoms with Crippen LogP contribution in [0.5, 0.6) is 5.75 Å². The third-order valence-corrected chi connectivity index (χ3v) is 8.75. The number of ether oxygens (including phenoxy) is 1. The Bertz CT molecular complexity index is 1430. The molecule has 1 N–H and O–H groups in total. The summed E-state index contributed by atoms with van der Waals surface area (Å²) in [7, 11) is -2.60. The van der Waals surface area contributed by atoms with Crippen LogP contribution in [-0.4, -0.2) is 51.4 Å². The first kappa shape index (κ1) is 31.0. The number of hydrogen-bond donors (Lipinski definition) is 1. The summed E-state index contributed by atoms with van der Waals surface area (Å²) in [6, 6.07) is 17.4. The fourth-order valence-electron chi connectivity index (χ4n) is 4.28. The first-order valence-corrected chi connectivity index (χ1v) is 14.9. The lowest BCUT2D eigenvalue weighted by Crippen LogP contribution is -2.52. The van der Waals surface area contributed by atoms with Crippen LogP contribution in [-0.2, 0) is 26.2 Å². The number of hydrogen-bond acceptors (Lipinski definition) is 5. The average Bonchev–Trinajstić information content (AvgIpc) is 2.93. The predicted molar refractivity (Wildman–Crippen MR) is 158 cm³/mol. The van der Waals surface area contributed by atoms with Gasteiger partial charge in [-0.15, -0.1) is 0 Å². The van der Waals surface area contributed by atoms with Crippen LogP contribution in [0.4, 0.5) is 5.69 Å². The van der Waals surface area contributed by atoms with Gasteiger partial charge in [-0.25, -0.2) is 8.42 Å². The van der Waals surface area contributed by atoms with Gasteiger partial charge in [-0.1, -0.05) is 36.7 Å². The van der Waals surface area contributed by atoms with Crippen LogP contribution in [0.1, 0.15) is 37.0 Å². The van der Waals surface area contributed by atoms with Crippen LogP contribution in [0, 0.1) is 13.8 Å². The summed E-state index contributed by atoms with van der Waals surface area (Å²) in [5.41, 5.74) is 2.99. The van der Waals surface area contributed by atoms with Gasteiger partial charge in [-0.3, -0.25) is 13.9 Å². The molecule has 3 aromatic rings. The minimum Gasteiger partial charge on any atom is -0.497 e. The van der Waals surface area contributed by atoms with Crippen molar-refractivity contribution in [2.24, 2.45) is 0 Å². The Morgan fingerprint density at radius 2 is 1.60 bits per heavy atom. The first-order chi connectivity index (χ1) is 19.0. The lowest BCUT2D eigenvalue weighted by molar-refractivity contribution is -0.140. The van der Waals surface area contributed by atoms with Crippen LogP contribution in [0.3, 0.4) is 0 Å². The molecular weight excluding hydrogens is 550 g/mol. The Morgan fingerprint density at radius 3 is 2.15 bits per heavy atom. The molecular formula is C30H36ClN3O5S. The molecule has 0 unspecified atom stereocenters. The molecule has 0 heterocycles. The number of amides is 2. The highest BCUT2D eigenvalue weighted by Gasteiger charge is 2.33. The van der Waals surface area contributed by atoms with Gasteiger partial charge >= 0.3 is 0 Å². The van der Waals surface area contributed by atoms with Gasteiger partial charge in [0.1, 0.15) is 18.3 Å². The fourth-order valence-corrected chi connectivity index (χ4v) is 5.81. The molecule has 0 aliphatic carbocycles. The summed E-state index contributed by atoms with van der Waals surface area (Å²) in [5, 5.41) is 3.19. The number of aryl methyl sites for hydroxylation is 2. The van der Waals surface area contributed by atoms with Crippen molar-refractivity contribution in [1.29, 1.82) is 0 Å². The minimum atomic E-state index is -4.16. The summed E-state index contributed by atoms with van der Waals surface area (Å²) in [6.07, 6.45) is 0.349. The molecule has 0 spiro atoms. The Kier molecular flexibility index (Phi) is 10.6. The lowest BCUT2D eigenvalue weighted by atomic mass is 10.1. The molecule has 2 amide bonds. The molecule has 0 aromatic heterocycles. The predicted octanol–water partition coefficient (Wildman–Crippen LogP) is 5.10. The third kappa shape index (κ3) is 7.34. The second-order valence-electron chi connectivity index (χ2n) is 9.42. The number of nitrogens with zero attached hydrogens (tertiary/aromatic N) is 2. The molecule has 0 aliphatic rings. The van der Waals surface area contributed by atoms with Crippen LogP contribution in [0.25, 0.3) is 0 Å². The number of halogens is 1. The molecule has 0 saturated heterocycles. The number of sulfonamides is 1. The average molecular weight is 586 g/mol. The van der Waals surface area contributed by atoms with Crippen LogP contribution in [0.2, 0.25) is 5.02 Å². The summed E-state index contributed by atoms with van der Waals surface area (Å²) in [5.74, 6) is -0.151. The van der Waals surface area contributed by atoms with Crippen LogP contribution < -0.4 is 14.4 Å². The number of carbonyl (C=O) groups is 2. The summed E-state index contributed by atoms with van der Waals surface area (Å²) >= 11 is 6.01. The Balaban J connectivity index is 2.07. The highest BCUT2D eigenvalue weighted by Crippen LogP contribution is 2.27. The smallest absolute Gasteiger partial charge is 0.264 e. The van der Waals surface area contributed by atoms with E-state index in [4.69, 9.17) is 16.3 Å². The van der Waals surface area contributed by atoms with E-state index in [0.29, 0.717) is 29.4 Å². The van der Waals surface area contributed by atoms with Crippen LogP contribution in [0.15, 0.2) is 71.6 Å². The van der Waals surface area contributed by atoms with E-state index >= 15 is 0 Å². The SMILES string of the molecule is CCNC(=O)[C@@H](CC)N(Cc1ccc(OC)cc1)C(=O)CN(c1ccc(C)c(C)c1)S(=O)(=O)c1ccc(Cl)cc1. The first-order valence-electron chi connectivity index (χ1n) is 13.1. The molecule has 214 valence electrons. The van der Waals surface area contributed by atoms with Gasteiger partial charge in [-0.2, -0.15) is 0 Å². The van der Waals surface area contributed by atoms with E-state index in [0.717, 1.165) is 21.0 Å². The van der Waals surface area contributed by atoms with Crippen molar-refractivity contribution in [1.82, 2.24) is 10.2 Å². The maximum Gasteiger partial charge on any atom is 0.264 e. The molecule has 0 bridgehead atoms. The van der Waals surface area contributed by atoms with E-state index < -0.39 is 28.5 Å². The normalized spacial score (nSPS) is 11.9. The van der Waals surface area contributed by atoms with E-state index in [1.54, 1.807) is 38.3 Å². The Hall–Kier alpha value is -3.56. The number of carbonyl (C=O) groups excluding carboxylic acids is 2. The van der Waals surface area contributed by atoms with E-state index in [2.05, 4.69) is 5.32 Å². The monoisotopic (exact) mass is 585 g/mol. The lowest BCUT2D eigenvalue weighted by Gasteiger charge is -2.33. The molecule has 0 aliphatic heterocycles. The maximum absolute atomic E-state index is 14.0. The summed E-state index contributed by atoms with van der Waals surface area (Å²) in [6.45, 7) is 7.45. The number of benzene rings is 3. The van der Waals surface area contributed by atoms with Crippen molar-refractivity contribution >= 4 is 39.1 Å². The topological polar surface area (TPSA) is 96.0 Å². The van der Waals surface area contributed by atoms with Crippen molar-refractivity contribution in [2.75, 3.05) is 24.5 Å². The van der Waals surface area contributed by atoms with E-state index in [1.165, 1.54) is 29.2 Å². The van der Waals surface area contributed by atoms with Gasteiger partial charge in [0.25, 0.3) is 10.0 Å². The highest BCUT2D eigenvalue weighted by molar-refractivity contribution is 7.92. The molecule has 0 saturated carbocycles. The number of rotatable bonds is 12. The molecule has 0 radical (unpaired) electrons. The molecule has 0 fully saturated rings. The Labute approximate surface area is 241 Å². The number of methoxy groups -OCH3 is 1. The van der Waals surface area contributed by atoms with Gasteiger partial charge < -0.3 is 15.0 Å². The zero-order valence-electron chi connectivity index (χ0n) is 23.5. The van der Waals surface area contributed by atoms with Gasteiger partial charge in [0, 0.05) is 18.1 Å². The summed E-state index contributed by atoms with van der Waals surface area (Å²) < 4.78 is 34.2. The van der Waals surface area contributed by atoms with Gasteiger partial charge in [0.2, 0.25) is 11.8 Å². The second-order valence-corrected chi connectivity index (χ2v) is 11.7. The molecule has 3 aromatic carbocycles. The van der Waals surface area contributed by atoms with E-state index in [-0.39, 0.29) is 17.3 Å². The summed E-state index contributed by atoms with van der Waals surface area (Å²) in [4.78, 5) is 28.5. The standard InChI is InChI=1S/C30H36ClN3O5S/c1-6-28(30(36)32-7-2)33(19-23-9-14-26(39-5)15-10-23)29(35)20-34(25-13-8-21(3)22(4)18-25)40(37,38)27-16-11-24(31)12-17-27/h8-18,28H,6-7,19-20H2,1-5H3,(H,32,36)/t28-/m1/s1. The molecule has 3 rings (SSSR count). The highest BCUT2D eigenvalue weighted by atomic mass is 35.5.